The molecule has 0 saturated carbocycles. The maximum atomic E-state index is 12.9. The van der Waals surface area contributed by atoms with Gasteiger partial charge in [0.2, 0.25) is 0 Å². The van der Waals surface area contributed by atoms with E-state index in [1.165, 1.54) is 18.2 Å². The molecule has 9 aromatic rings. The van der Waals surface area contributed by atoms with Gasteiger partial charge in [0.05, 0.1) is 35.7 Å². The minimum absolute atomic E-state index is 0. The van der Waals surface area contributed by atoms with E-state index in [1.807, 2.05) is 168 Å². The summed E-state index contributed by atoms with van der Waals surface area (Å²) in [6.07, 6.45) is -7.98. The third-order valence-corrected chi connectivity index (χ3v) is 13.7. The first-order chi connectivity index (χ1) is 40.9. The fourth-order valence-electron chi connectivity index (χ4n) is 9.03. The minimum Gasteiger partial charge on any atom is -0.478 e. The van der Waals surface area contributed by atoms with Gasteiger partial charge in [-0.05, 0) is 36.4 Å². The molecule has 459 valence electrons. The zero-order valence-electron chi connectivity index (χ0n) is 48.9. The van der Waals surface area contributed by atoms with Crippen molar-refractivity contribution in [2.24, 2.45) is 0 Å². The fraction of sp³-hybridized carbons (Fsp3) is 0.227. The molecule has 0 fully saturated rings. The van der Waals surface area contributed by atoms with Gasteiger partial charge in [0.25, 0.3) is 0 Å². The molecule has 0 atom stereocenters. The maximum absolute atomic E-state index is 12.9. The Labute approximate surface area is 518 Å². The second-order valence-electron chi connectivity index (χ2n) is 23.4. The molecule has 0 amide bonds. The summed E-state index contributed by atoms with van der Waals surface area (Å²) in [7, 11) is 0. The van der Waals surface area contributed by atoms with Crippen LogP contribution in [0.5, 0.6) is 0 Å². The van der Waals surface area contributed by atoms with Crippen molar-refractivity contribution >= 4 is 68.8 Å². The minimum atomic E-state index is -4.41. The molecule has 3 aliphatic heterocycles. The number of fused-ring (bicyclic) bond motifs is 3. The van der Waals surface area contributed by atoms with Gasteiger partial charge in [-0.2, -0.15) is 94.1 Å². The van der Waals surface area contributed by atoms with Crippen LogP contribution in [0.25, 0.3) is 0 Å². The Bertz CT molecular complexity index is 3440. The summed E-state index contributed by atoms with van der Waals surface area (Å²) in [5.41, 5.74) is 3.36. The number of para-hydroxylation sites is 3. The van der Waals surface area contributed by atoms with Gasteiger partial charge in [0.1, 0.15) is 34.9 Å². The van der Waals surface area contributed by atoms with Crippen molar-refractivity contribution < 1.29 is 59.6 Å². The van der Waals surface area contributed by atoms with Gasteiger partial charge in [-0.3, -0.25) is 0 Å². The Hall–Kier alpha value is -8.62. The van der Waals surface area contributed by atoms with Crippen molar-refractivity contribution in [3.8, 4) is 0 Å². The third kappa shape index (κ3) is 13.9. The Morgan fingerprint density at radius 1 is 0.341 bits per heavy atom. The van der Waals surface area contributed by atoms with Crippen molar-refractivity contribution in [2.45, 2.75) is 97.1 Å². The van der Waals surface area contributed by atoms with Crippen molar-refractivity contribution in [3.05, 3.63) is 236 Å². The van der Waals surface area contributed by atoms with Gasteiger partial charge in [0, 0.05) is 53.4 Å². The van der Waals surface area contributed by atoms with E-state index in [0.29, 0.717) is 52.0 Å². The van der Waals surface area contributed by atoms with Crippen molar-refractivity contribution in [3.63, 3.8) is 0 Å². The van der Waals surface area contributed by atoms with E-state index in [-0.39, 0.29) is 36.4 Å². The molecule has 0 saturated heterocycles. The Balaban J connectivity index is 0.000000156. The molecule has 6 heterocycles. The summed E-state index contributed by atoms with van der Waals surface area (Å²) in [6, 6.07) is 47.3. The molecular weight excluding hydrogens is 1320 g/mol. The second kappa shape index (κ2) is 24.5. The molecule has 0 bridgehead atoms. The molecule has 0 N–H and O–H groups in total. The molecular formula is C66H57F9IrN12-6. The van der Waals surface area contributed by atoms with E-state index in [0.717, 1.165) is 70.5 Å². The third-order valence-electron chi connectivity index (χ3n) is 13.7. The van der Waals surface area contributed by atoms with E-state index in [1.54, 1.807) is 53.3 Å². The number of anilines is 12. The molecule has 22 heteroatoms. The topological polar surface area (TPSA) is 96.8 Å². The first-order valence-electron chi connectivity index (χ1n) is 27.3. The molecule has 0 unspecified atom stereocenters. The van der Waals surface area contributed by atoms with E-state index < -0.39 is 35.2 Å². The Kier molecular flexibility index (Phi) is 17.8. The largest absolute Gasteiger partial charge is 0.478 e. The number of halogens is 9. The molecule has 1 radical (unpaired) electrons. The molecule has 0 spiro atoms. The number of aromatic nitrogens is 6. The number of nitrogens with zero attached hydrogens (tertiary/aromatic N) is 12. The van der Waals surface area contributed by atoms with Gasteiger partial charge in [-0.15, -0.1) is 55.3 Å². The summed E-state index contributed by atoms with van der Waals surface area (Å²) in [5, 5.41) is 0. The summed E-state index contributed by atoms with van der Waals surface area (Å²) in [6.45, 7) is 23.5. The average molecular weight is 1380 g/mol. The standard InChI is InChI=1S/3C22H19F3N4.Ir/c1-21(2,3)18-13-26-19-20(27-18)29(14-28(19)16-7-5-4-6-8-16)17-11-9-15(10-12-17)22(23,24)25;2*1-21(2,3)20-26-13-18-19(27-20)29(14-28(18)16-7-5-4-6-8-16)17-11-9-15(10-12-17)22(23,24)25;/h3*4-11,13-14H,1-3H3;/q3*-2;. The van der Waals surface area contributed by atoms with Crippen molar-refractivity contribution in [1.82, 2.24) is 29.9 Å². The van der Waals surface area contributed by atoms with Crippen molar-refractivity contribution in [1.29, 1.82) is 0 Å². The van der Waals surface area contributed by atoms with Gasteiger partial charge in [-0.1, -0.05) is 134 Å². The van der Waals surface area contributed by atoms with Crippen LogP contribution in [0.15, 0.2) is 164 Å². The number of hydrogen-bond donors (Lipinski definition) is 0. The number of rotatable bonds is 6. The van der Waals surface area contributed by atoms with Crippen LogP contribution in [0.3, 0.4) is 0 Å². The van der Waals surface area contributed by atoms with Gasteiger partial charge < -0.3 is 29.4 Å². The van der Waals surface area contributed by atoms with Crippen LogP contribution in [0.1, 0.15) is 96.3 Å². The van der Waals surface area contributed by atoms with Crippen LogP contribution in [0.2, 0.25) is 0 Å². The number of alkyl halides is 9. The first kappa shape index (κ1) is 63.9. The van der Waals surface area contributed by atoms with Crippen molar-refractivity contribution in [2.75, 3.05) is 29.4 Å². The SMILES string of the molecule is CC(C)(C)c1cnc2c(n1)N(c1[c-]cc(C(F)(F)F)cc1)[CH-]N2c1ccccc1.CC(C)(C)c1ncc2c(n1)N(c1[c-]cc(C(F)(F)F)cc1)[CH-]N2c1ccccc1.CC(C)(C)c1ncc2c(n1)N(c1[c-]cc(C(F)(F)F)cc1)[CH-]N2c1ccccc1.[Ir]. The zero-order chi connectivity index (χ0) is 62.4. The normalized spacial score (nSPS) is 14.1. The number of benzene rings is 6. The van der Waals surface area contributed by atoms with Crippen LogP contribution in [-0.2, 0) is 54.9 Å². The summed E-state index contributed by atoms with van der Waals surface area (Å²) in [5.74, 6) is 3.66. The molecule has 12 nitrogen and oxygen atoms in total. The summed E-state index contributed by atoms with van der Waals surface area (Å²) < 4.78 is 116. The van der Waals surface area contributed by atoms with E-state index in [2.05, 4.69) is 33.2 Å². The molecule has 3 aliphatic rings. The predicted octanol–water partition coefficient (Wildman–Crippen LogP) is 18.0. The van der Waals surface area contributed by atoms with Gasteiger partial charge in [0.15, 0.2) is 0 Å². The summed E-state index contributed by atoms with van der Waals surface area (Å²) >= 11 is 0. The zero-order valence-corrected chi connectivity index (χ0v) is 51.3. The van der Waals surface area contributed by atoms with Gasteiger partial charge >= 0.3 is 18.5 Å². The molecule has 3 aromatic heterocycles. The Morgan fingerprint density at radius 2 is 0.670 bits per heavy atom. The molecule has 6 aromatic carbocycles. The Morgan fingerprint density at radius 3 is 0.977 bits per heavy atom. The average Bonchev–Trinajstić information content (AvgIpc) is 1.81. The van der Waals surface area contributed by atoms with Gasteiger partial charge in [-0.25, -0.2) is 29.9 Å². The molecule has 12 rings (SSSR count). The molecule has 88 heavy (non-hydrogen) atoms. The smallest absolute Gasteiger partial charge is 0.370 e. The maximum Gasteiger partial charge on any atom is 0.370 e. The van der Waals surface area contributed by atoms with Crippen LogP contribution < -0.4 is 29.4 Å². The first-order valence-corrected chi connectivity index (χ1v) is 27.3. The summed E-state index contributed by atoms with van der Waals surface area (Å²) in [4.78, 5) is 38.7. The van der Waals surface area contributed by atoms with Crippen LogP contribution in [0.4, 0.5) is 108 Å². The van der Waals surface area contributed by atoms with Crippen LogP contribution >= 0.6 is 0 Å². The quantitative estimate of drug-likeness (QED) is 0.117. The second-order valence-corrected chi connectivity index (χ2v) is 23.4. The predicted molar refractivity (Wildman–Crippen MR) is 318 cm³/mol. The van der Waals surface area contributed by atoms with Crippen LogP contribution in [-0.4, -0.2) is 29.9 Å². The monoisotopic (exact) mass is 1380 g/mol. The van der Waals surface area contributed by atoms with E-state index in [9.17, 15) is 39.5 Å². The molecule has 0 aliphatic carbocycles. The van der Waals surface area contributed by atoms with E-state index >= 15 is 0 Å². The fourth-order valence-corrected chi connectivity index (χ4v) is 9.03. The van der Waals surface area contributed by atoms with Crippen LogP contribution in [0, 0.1) is 38.2 Å². The number of hydrogen-bond acceptors (Lipinski definition) is 12. The van der Waals surface area contributed by atoms with E-state index in [4.69, 9.17) is 15.0 Å².